The minimum atomic E-state index is 0.0958. The average Bonchev–Trinajstić information content (AvgIpc) is 3.11. The molecular weight excluding hydrogens is 252 g/mol. The lowest BCUT2D eigenvalue weighted by atomic mass is 9.94. The summed E-state index contributed by atoms with van der Waals surface area (Å²) in [6.45, 7) is 8.94. The van der Waals surface area contributed by atoms with Gasteiger partial charge in [-0.05, 0) is 40.0 Å². The highest BCUT2D eigenvalue weighted by Crippen LogP contribution is 2.35. The molecular formula is C16H28N2S. The molecule has 1 aromatic rings. The van der Waals surface area contributed by atoms with Crippen molar-refractivity contribution in [2.24, 2.45) is 0 Å². The maximum Gasteiger partial charge on any atom is 0.113 e. The zero-order valence-corrected chi connectivity index (χ0v) is 13.7. The highest BCUT2D eigenvalue weighted by Gasteiger charge is 2.35. The smallest absolute Gasteiger partial charge is 0.113 e. The Hall–Kier alpha value is -0.410. The number of unbranched alkanes of at least 4 members (excludes halogenated alkanes) is 3. The van der Waals surface area contributed by atoms with Crippen LogP contribution in [0.25, 0.3) is 0 Å². The van der Waals surface area contributed by atoms with Crippen molar-refractivity contribution in [1.82, 2.24) is 10.3 Å². The minimum absolute atomic E-state index is 0.0958. The van der Waals surface area contributed by atoms with Gasteiger partial charge in [-0.25, -0.2) is 4.98 Å². The van der Waals surface area contributed by atoms with Crippen LogP contribution in [0.2, 0.25) is 0 Å². The van der Waals surface area contributed by atoms with E-state index in [1.807, 2.05) is 11.3 Å². The Morgan fingerprint density at radius 2 is 2.00 bits per heavy atom. The molecule has 1 aliphatic carbocycles. The molecule has 1 aromatic heterocycles. The van der Waals surface area contributed by atoms with Crippen molar-refractivity contribution in [1.29, 1.82) is 0 Å². The fourth-order valence-corrected chi connectivity index (χ4v) is 3.59. The number of hydrogen-bond acceptors (Lipinski definition) is 3. The van der Waals surface area contributed by atoms with Crippen molar-refractivity contribution < 1.29 is 0 Å². The average molecular weight is 280 g/mol. The van der Waals surface area contributed by atoms with E-state index in [1.165, 1.54) is 60.5 Å². The van der Waals surface area contributed by atoms with Crippen molar-refractivity contribution >= 4 is 11.3 Å². The summed E-state index contributed by atoms with van der Waals surface area (Å²) in [5.74, 6) is 0. The molecule has 108 valence electrons. The molecule has 0 spiro atoms. The van der Waals surface area contributed by atoms with Gasteiger partial charge < -0.3 is 5.32 Å². The van der Waals surface area contributed by atoms with Crippen LogP contribution in [0.3, 0.4) is 0 Å². The van der Waals surface area contributed by atoms with Gasteiger partial charge in [-0.2, -0.15) is 0 Å². The van der Waals surface area contributed by atoms with Gasteiger partial charge in [0.1, 0.15) is 5.01 Å². The molecule has 0 bridgehead atoms. The van der Waals surface area contributed by atoms with E-state index in [2.05, 4.69) is 33.0 Å². The predicted molar refractivity (Wildman–Crippen MR) is 83.9 cm³/mol. The predicted octanol–water partition coefficient (Wildman–Crippen LogP) is 4.70. The van der Waals surface area contributed by atoms with Crippen molar-refractivity contribution in [2.45, 2.75) is 84.2 Å². The highest BCUT2D eigenvalue weighted by molar-refractivity contribution is 7.11. The van der Waals surface area contributed by atoms with E-state index < -0.39 is 0 Å². The van der Waals surface area contributed by atoms with Gasteiger partial charge >= 0.3 is 0 Å². The van der Waals surface area contributed by atoms with E-state index in [9.17, 15) is 0 Å². The fourth-order valence-electron chi connectivity index (χ4n) is 2.53. The summed E-state index contributed by atoms with van der Waals surface area (Å²) in [6, 6.07) is 0.737. The molecule has 0 aromatic carbocycles. The minimum Gasteiger partial charge on any atom is -0.303 e. The van der Waals surface area contributed by atoms with E-state index in [1.54, 1.807) is 0 Å². The molecule has 1 fully saturated rings. The van der Waals surface area contributed by atoms with E-state index >= 15 is 0 Å². The second kappa shape index (κ2) is 6.36. The maximum absolute atomic E-state index is 4.82. The van der Waals surface area contributed by atoms with Crippen LogP contribution in [0, 0.1) is 13.8 Å². The third-order valence-electron chi connectivity index (χ3n) is 4.13. The summed E-state index contributed by atoms with van der Waals surface area (Å²) >= 11 is 1.88. The number of hydrogen-bond donors (Lipinski definition) is 1. The molecule has 2 rings (SSSR count). The lowest BCUT2D eigenvalue weighted by molar-refractivity contribution is 0.321. The van der Waals surface area contributed by atoms with Crippen molar-refractivity contribution in [3.8, 4) is 0 Å². The molecule has 1 saturated carbocycles. The number of nitrogens with zero attached hydrogens (tertiary/aromatic N) is 1. The molecule has 1 N–H and O–H groups in total. The Morgan fingerprint density at radius 3 is 2.53 bits per heavy atom. The number of thiazole rings is 1. The first-order valence-electron chi connectivity index (χ1n) is 7.77. The number of nitrogens with one attached hydrogen (secondary N) is 1. The molecule has 0 saturated heterocycles. The Kier molecular flexibility index (Phi) is 5.02. The molecule has 1 unspecified atom stereocenters. The van der Waals surface area contributed by atoms with Gasteiger partial charge in [-0.3, -0.25) is 0 Å². The van der Waals surface area contributed by atoms with Gasteiger partial charge in [-0.1, -0.05) is 32.6 Å². The molecule has 0 amide bonds. The molecule has 0 radical (unpaired) electrons. The summed E-state index contributed by atoms with van der Waals surface area (Å²) < 4.78 is 0. The van der Waals surface area contributed by atoms with Crippen LogP contribution in [-0.2, 0) is 5.54 Å². The zero-order chi connectivity index (χ0) is 13.9. The first-order chi connectivity index (χ1) is 9.05. The first-order valence-corrected chi connectivity index (χ1v) is 8.59. The second-order valence-corrected chi connectivity index (χ2v) is 7.43. The number of aromatic nitrogens is 1. The topological polar surface area (TPSA) is 24.9 Å². The second-order valence-electron chi connectivity index (χ2n) is 6.22. The van der Waals surface area contributed by atoms with Crippen molar-refractivity contribution in [3.63, 3.8) is 0 Å². The number of rotatable bonds is 8. The molecule has 1 aliphatic rings. The van der Waals surface area contributed by atoms with Crippen LogP contribution in [0.15, 0.2) is 0 Å². The summed E-state index contributed by atoms with van der Waals surface area (Å²) in [4.78, 5) is 6.19. The Morgan fingerprint density at radius 1 is 1.26 bits per heavy atom. The molecule has 3 heteroatoms. The van der Waals surface area contributed by atoms with Crippen molar-refractivity contribution in [2.75, 3.05) is 0 Å². The number of aryl methyl sites for hydroxylation is 2. The quantitative estimate of drug-likeness (QED) is 0.698. The monoisotopic (exact) mass is 280 g/mol. The summed E-state index contributed by atoms with van der Waals surface area (Å²) in [5.41, 5.74) is 1.30. The third kappa shape index (κ3) is 4.03. The van der Waals surface area contributed by atoms with Crippen LogP contribution in [0.4, 0.5) is 0 Å². The molecule has 1 heterocycles. The Labute approximate surface area is 122 Å². The summed E-state index contributed by atoms with van der Waals surface area (Å²) in [7, 11) is 0. The molecule has 1 atom stereocenters. The fraction of sp³-hybridized carbons (Fsp3) is 0.812. The molecule has 2 nitrogen and oxygen atoms in total. The highest BCUT2D eigenvalue weighted by atomic mass is 32.1. The molecule has 19 heavy (non-hydrogen) atoms. The van der Waals surface area contributed by atoms with Crippen LogP contribution in [-0.4, -0.2) is 11.0 Å². The lowest BCUT2D eigenvalue weighted by Crippen LogP contribution is -2.41. The zero-order valence-electron chi connectivity index (χ0n) is 12.9. The molecule has 0 aliphatic heterocycles. The van der Waals surface area contributed by atoms with Crippen LogP contribution in [0.1, 0.15) is 74.4 Å². The van der Waals surface area contributed by atoms with Gasteiger partial charge in [0.2, 0.25) is 0 Å². The van der Waals surface area contributed by atoms with E-state index in [0.717, 1.165) is 6.04 Å². The van der Waals surface area contributed by atoms with Crippen LogP contribution >= 0.6 is 11.3 Å². The summed E-state index contributed by atoms with van der Waals surface area (Å²) in [5, 5.41) is 5.15. The normalized spacial score (nSPS) is 18.5. The third-order valence-corrected chi connectivity index (χ3v) is 5.47. The Balaban J connectivity index is 2.04. The van der Waals surface area contributed by atoms with Gasteiger partial charge in [0.05, 0.1) is 11.2 Å². The van der Waals surface area contributed by atoms with Gasteiger partial charge in [-0.15, -0.1) is 11.3 Å². The van der Waals surface area contributed by atoms with Crippen LogP contribution < -0.4 is 5.32 Å². The largest absolute Gasteiger partial charge is 0.303 e. The lowest BCUT2D eigenvalue weighted by Gasteiger charge is -2.29. The Bertz CT molecular complexity index is 389. The van der Waals surface area contributed by atoms with Gasteiger partial charge in [0, 0.05) is 10.9 Å². The first kappa shape index (κ1) is 15.0. The maximum atomic E-state index is 4.82. The standard InChI is InChI=1S/C16H28N2S/c1-5-6-7-8-11-16(4,18-14-9-10-14)15-17-12(2)13(3)19-15/h14,18H,5-11H2,1-4H3. The van der Waals surface area contributed by atoms with Crippen LogP contribution in [0.5, 0.6) is 0 Å². The van der Waals surface area contributed by atoms with Gasteiger partial charge in [0.15, 0.2) is 0 Å². The van der Waals surface area contributed by atoms with E-state index in [4.69, 9.17) is 4.98 Å². The van der Waals surface area contributed by atoms with E-state index in [0.29, 0.717) is 0 Å². The SMILES string of the molecule is CCCCCCC(C)(NC1CC1)c1nc(C)c(C)s1. The van der Waals surface area contributed by atoms with Crippen molar-refractivity contribution in [3.05, 3.63) is 15.6 Å². The van der Waals surface area contributed by atoms with E-state index in [-0.39, 0.29) is 5.54 Å². The van der Waals surface area contributed by atoms with Gasteiger partial charge in [0.25, 0.3) is 0 Å². The summed E-state index contributed by atoms with van der Waals surface area (Å²) in [6.07, 6.45) is 9.22.